The van der Waals surface area contributed by atoms with E-state index in [1.807, 2.05) is 6.92 Å². The zero-order valence-electron chi connectivity index (χ0n) is 11.9. The Hall–Kier alpha value is -1.16. The van der Waals surface area contributed by atoms with E-state index >= 15 is 0 Å². The van der Waals surface area contributed by atoms with Crippen LogP contribution in [0.25, 0.3) is 0 Å². The minimum atomic E-state index is 0.646. The fourth-order valence-electron chi connectivity index (χ4n) is 3.36. The lowest BCUT2D eigenvalue weighted by molar-refractivity contribution is 0.216. The van der Waals surface area contributed by atoms with E-state index in [1.54, 1.807) is 6.33 Å². The first-order chi connectivity index (χ1) is 9.33. The second-order valence-electron chi connectivity index (χ2n) is 5.87. The molecule has 2 aliphatic heterocycles. The van der Waals surface area contributed by atoms with E-state index in [4.69, 9.17) is 0 Å². The van der Waals surface area contributed by atoms with Gasteiger partial charge in [0.15, 0.2) is 0 Å². The predicted molar refractivity (Wildman–Crippen MR) is 77.4 cm³/mol. The number of aryl methyl sites for hydroxylation is 1. The van der Waals surface area contributed by atoms with Gasteiger partial charge in [0, 0.05) is 30.9 Å². The smallest absolute Gasteiger partial charge is 0.132 e. The Morgan fingerprint density at radius 3 is 2.74 bits per heavy atom. The van der Waals surface area contributed by atoms with E-state index in [0.717, 1.165) is 18.1 Å². The summed E-state index contributed by atoms with van der Waals surface area (Å²) >= 11 is 0. The number of hydrogen-bond donors (Lipinski definition) is 0. The van der Waals surface area contributed by atoms with Crippen molar-refractivity contribution in [3.05, 3.63) is 18.1 Å². The largest absolute Gasteiger partial charge is 0.352 e. The van der Waals surface area contributed by atoms with E-state index in [1.165, 1.54) is 51.7 Å². The summed E-state index contributed by atoms with van der Waals surface area (Å²) in [6.07, 6.45) is 8.46. The maximum Gasteiger partial charge on any atom is 0.132 e. The van der Waals surface area contributed by atoms with E-state index in [9.17, 15) is 0 Å². The summed E-state index contributed by atoms with van der Waals surface area (Å²) < 4.78 is 0. The Labute approximate surface area is 115 Å². The fraction of sp³-hybridized carbons (Fsp3) is 0.733. The average Bonchev–Trinajstić information content (AvgIpc) is 2.88. The number of rotatable bonds is 3. The first kappa shape index (κ1) is 12.9. The Kier molecular flexibility index (Phi) is 3.97. The van der Waals surface area contributed by atoms with E-state index < -0.39 is 0 Å². The van der Waals surface area contributed by atoms with Crippen molar-refractivity contribution in [2.24, 2.45) is 0 Å². The molecule has 4 heteroatoms. The quantitative estimate of drug-likeness (QED) is 0.834. The Bertz CT molecular complexity index is 414. The van der Waals surface area contributed by atoms with Crippen LogP contribution in [0.2, 0.25) is 0 Å². The monoisotopic (exact) mass is 260 g/mol. The molecule has 104 valence electrons. The van der Waals surface area contributed by atoms with Crippen LogP contribution in [0.3, 0.4) is 0 Å². The summed E-state index contributed by atoms with van der Waals surface area (Å²) in [7, 11) is 0. The molecule has 0 aliphatic carbocycles. The van der Waals surface area contributed by atoms with Gasteiger partial charge in [-0.15, -0.1) is 0 Å². The lowest BCUT2D eigenvalue weighted by Gasteiger charge is -2.33. The summed E-state index contributed by atoms with van der Waals surface area (Å²) in [5, 5.41) is 0. The summed E-state index contributed by atoms with van der Waals surface area (Å²) in [6.45, 7) is 6.97. The maximum atomic E-state index is 4.46. The molecule has 3 rings (SSSR count). The van der Waals surface area contributed by atoms with E-state index in [2.05, 4.69) is 25.8 Å². The Morgan fingerprint density at radius 1 is 1.11 bits per heavy atom. The molecular weight excluding hydrogens is 236 g/mol. The maximum absolute atomic E-state index is 4.46. The highest BCUT2D eigenvalue weighted by molar-refractivity contribution is 5.41. The second-order valence-corrected chi connectivity index (χ2v) is 5.87. The standard InChI is InChI=1S/C15H24N4/c1-13-10-15(17-12-16-13)19-9-5-6-14(19)11-18-7-3-2-4-8-18/h10,12,14H,2-9,11H2,1H3. The summed E-state index contributed by atoms with van der Waals surface area (Å²) in [6, 6.07) is 2.77. The first-order valence-corrected chi connectivity index (χ1v) is 7.60. The van der Waals surface area contributed by atoms with Crippen molar-refractivity contribution in [3.8, 4) is 0 Å². The highest BCUT2D eigenvalue weighted by Gasteiger charge is 2.27. The molecule has 0 N–H and O–H groups in total. The zero-order valence-corrected chi connectivity index (χ0v) is 11.9. The summed E-state index contributed by atoms with van der Waals surface area (Å²) in [5.74, 6) is 1.12. The van der Waals surface area contributed by atoms with Crippen LogP contribution >= 0.6 is 0 Å². The van der Waals surface area contributed by atoms with Crippen molar-refractivity contribution in [1.29, 1.82) is 0 Å². The SMILES string of the molecule is Cc1cc(N2CCCC2CN2CCCCC2)ncn1. The van der Waals surface area contributed by atoms with Gasteiger partial charge in [-0.2, -0.15) is 0 Å². The highest BCUT2D eigenvalue weighted by atomic mass is 15.3. The van der Waals surface area contributed by atoms with Crippen LogP contribution in [0.5, 0.6) is 0 Å². The molecule has 2 fully saturated rings. The minimum Gasteiger partial charge on any atom is -0.352 e. The van der Waals surface area contributed by atoms with Crippen molar-refractivity contribution >= 4 is 5.82 Å². The van der Waals surface area contributed by atoms with Gasteiger partial charge in [-0.05, 0) is 45.7 Å². The molecule has 0 saturated carbocycles. The molecule has 2 aliphatic rings. The summed E-state index contributed by atoms with van der Waals surface area (Å²) in [4.78, 5) is 13.8. The van der Waals surface area contributed by atoms with Crippen molar-refractivity contribution in [2.75, 3.05) is 31.1 Å². The zero-order chi connectivity index (χ0) is 13.1. The van der Waals surface area contributed by atoms with Crippen molar-refractivity contribution < 1.29 is 0 Å². The molecule has 0 aromatic carbocycles. The molecular formula is C15H24N4. The first-order valence-electron chi connectivity index (χ1n) is 7.60. The number of aromatic nitrogens is 2. The molecule has 2 saturated heterocycles. The third-order valence-electron chi connectivity index (χ3n) is 4.38. The van der Waals surface area contributed by atoms with Gasteiger partial charge in [0.25, 0.3) is 0 Å². The van der Waals surface area contributed by atoms with E-state index in [-0.39, 0.29) is 0 Å². The Balaban J connectivity index is 1.67. The van der Waals surface area contributed by atoms with Gasteiger partial charge in [-0.25, -0.2) is 9.97 Å². The van der Waals surface area contributed by atoms with Gasteiger partial charge in [0.1, 0.15) is 12.1 Å². The van der Waals surface area contributed by atoms with Crippen LogP contribution in [-0.2, 0) is 0 Å². The molecule has 0 spiro atoms. The molecule has 3 heterocycles. The van der Waals surface area contributed by atoms with Crippen molar-refractivity contribution in [3.63, 3.8) is 0 Å². The van der Waals surface area contributed by atoms with Gasteiger partial charge < -0.3 is 9.80 Å². The number of anilines is 1. The fourth-order valence-corrected chi connectivity index (χ4v) is 3.36. The molecule has 0 bridgehead atoms. The van der Waals surface area contributed by atoms with Crippen molar-refractivity contribution in [2.45, 2.75) is 45.1 Å². The number of piperidine rings is 1. The lowest BCUT2D eigenvalue weighted by atomic mass is 10.1. The minimum absolute atomic E-state index is 0.646. The average molecular weight is 260 g/mol. The second kappa shape index (κ2) is 5.87. The molecule has 1 aromatic heterocycles. The number of likely N-dealkylation sites (tertiary alicyclic amines) is 1. The van der Waals surface area contributed by atoms with Gasteiger partial charge in [-0.1, -0.05) is 6.42 Å². The molecule has 1 atom stereocenters. The topological polar surface area (TPSA) is 32.3 Å². The summed E-state index contributed by atoms with van der Waals surface area (Å²) in [5.41, 5.74) is 1.06. The van der Waals surface area contributed by atoms with Gasteiger partial charge in [0.05, 0.1) is 0 Å². The highest BCUT2D eigenvalue weighted by Crippen LogP contribution is 2.25. The van der Waals surface area contributed by atoms with Crippen LogP contribution in [-0.4, -0.2) is 47.1 Å². The third kappa shape index (κ3) is 3.06. The molecule has 0 radical (unpaired) electrons. The third-order valence-corrected chi connectivity index (χ3v) is 4.38. The van der Waals surface area contributed by atoms with Gasteiger partial charge >= 0.3 is 0 Å². The molecule has 1 unspecified atom stereocenters. The molecule has 0 amide bonds. The van der Waals surface area contributed by atoms with Crippen LogP contribution in [0, 0.1) is 6.92 Å². The molecule has 4 nitrogen and oxygen atoms in total. The van der Waals surface area contributed by atoms with Gasteiger partial charge in [0.2, 0.25) is 0 Å². The van der Waals surface area contributed by atoms with Crippen LogP contribution in [0.4, 0.5) is 5.82 Å². The van der Waals surface area contributed by atoms with Crippen LogP contribution in [0.15, 0.2) is 12.4 Å². The normalized spacial score (nSPS) is 24.9. The van der Waals surface area contributed by atoms with Gasteiger partial charge in [-0.3, -0.25) is 0 Å². The molecule has 19 heavy (non-hydrogen) atoms. The number of hydrogen-bond acceptors (Lipinski definition) is 4. The Morgan fingerprint density at radius 2 is 1.95 bits per heavy atom. The van der Waals surface area contributed by atoms with E-state index in [0.29, 0.717) is 6.04 Å². The number of nitrogens with zero attached hydrogens (tertiary/aromatic N) is 4. The predicted octanol–water partition coefficient (Wildman–Crippen LogP) is 2.24. The lowest BCUT2D eigenvalue weighted by Crippen LogP contribution is -2.42. The van der Waals surface area contributed by atoms with Crippen LogP contribution in [0.1, 0.15) is 37.8 Å². The van der Waals surface area contributed by atoms with Crippen LogP contribution < -0.4 is 4.90 Å². The molecule has 1 aromatic rings. The van der Waals surface area contributed by atoms with Crippen molar-refractivity contribution in [1.82, 2.24) is 14.9 Å².